The molecule has 0 saturated heterocycles. The number of carbonyl (C=O) groups excluding carboxylic acids is 1. The topological polar surface area (TPSA) is 26.3 Å². The maximum absolute atomic E-state index is 11.8. The molecule has 100 valence electrons. The lowest BCUT2D eigenvalue weighted by Gasteiger charge is -2.16. The van der Waals surface area contributed by atoms with E-state index in [1.54, 1.807) is 0 Å². The molecule has 0 bridgehead atoms. The third-order valence-electron chi connectivity index (χ3n) is 2.59. The molecule has 0 aliphatic carbocycles. The van der Waals surface area contributed by atoms with E-state index in [0.717, 1.165) is 24.8 Å². The minimum Gasteiger partial charge on any atom is -0.465 e. The molecule has 0 aromatic heterocycles. The summed E-state index contributed by atoms with van der Waals surface area (Å²) >= 11 is 6.92. The molecule has 0 radical (unpaired) electrons. The molecular weight excluding hydrogens is 360 g/mol. The van der Waals surface area contributed by atoms with Crippen molar-refractivity contribution in [2.24, 2.45) is 0 Å². The van der Waals surface area contributed by atoms with E-state index in [9.17, 15) is 4.79 Å². The fraction of sp³-hybridized carbons (Fsp3) is 0.500. The van der Waals surface area contributed by atoms with Crippen molar-refractivity contribution in [2.75, 3.05) is 6.61 Å². The van der Waals surface area contributed by atoms with E-state index in [-0.39, 0.29) is 15.6 Å². The summed E-state index contributed by atoms with van der Waals surface area (Å²) in [6.07, 6.45) is 3.15. The Morgan fingerprint density at radius 3 is 2.50 bits per heavy atom. The average Bonchev–Trinajstić information content (AvgIpc) is 2.42. The zero-order valence-corrected chi connectivity index (χ0v) is 13.6. The molecule has 0 heterocycles. The summed E-state index contributed by atoms with van der Waals surface area (Å²) in [5.74, 6) is -0.211. The van der Waals surface area contributed by atoms with E-state index < -0.39 is 0 Å². The van der Waals surface area contributed by atoms with Crippen LogP contribution in [0.4, 0.5) is 0 Å². The average molecular weight is 378 g/mol. The lowest BCUT2D eigenvalue weighted by Crippen LogP contribution is -2.22. The second-order valence-corrected chi connectivity index (χ2v) is 6.06. The molecule has 18 heavy (non-hydrogen) atoms. The van der Waals surface area contributed by atoms with Crippen LogP contribution in [0.25, 0.3) is 0 Å². The summed E-state index contributed by atoms with van der Waals surface area (Å²) < 4.78 is 5.23. The first kappa shape index (κ1) is 15.7. The van der Waals surface area contributed by atoms with Crippen molar-refractivity contribution in [1.29, 1.82) is 0 Å². The molecule has 0 fully saturated rings. The maximum atomic E-state index is 11.8. The van der Waals surface area contributed by atoms with Gasteiger partial charge in [0.2, 0.25) is 0 Å². The number of alkyl halides is 2. The fourth-order valence-corrected chi connectivity index (χ4v) is 2.49. The second kappa shape index (κ2) is 8.70. The van der Waals surface area contributed by atoms with E-state index in [1.165, 1.54) is 0 Å². The van der Waals surface area contributed by atoms with Gasteiger partial charge in [-0.1, -0.05) is 82.0 Å². The molecule has 4 heteroatoms. The number of benzene rings is 1. The first-order chi connectivity index (χ1) is 8.66. The Balaban J connectivity index is 2.43. The number of ether oxygens (including phenoxy) is 1. The van der Waals surface area contributed by atoms with Gasteiger partial charge in [0.15, 0.2) is 0 Å². The van der Waals surface area contributed by atoms with Gasteiger partial charge in [-0.05, 0) is 12.0 Å². The van der Waals surface area contributed by atoms with Crippen molar-refractivity contribution >= 4 is 37.8 Å². The van der Waals surface area contributed by atoms with Crippen LogP contribution in [0, 0.1) is 0 Å². The normalized spacial score (nSPS) is 13.9. The van der Waals surface area contributed by atoms with Crippen molar-refractivity contribution in [2.45, 2.75) is 35.8 Å². The zero-order valence-electron chi connectivity index (χ0n) is 10.4. The number of hydrogen-bond acceptors (Lipinski definition) is 2. The molecule has 2 atom stereocenters. The lowest BCUT2D eigenvalue weighted by atomic mass is 10.1. The minimum atomic E-state index is -0.360. The fourth-order valence-electron chi connectivity index (χ4n) is 1.53. The zero-order chi connectivity index (χ0) is 13.4. The summed E-state index contributed by atoms with van der Waals surface area (Å²) in [5, 5.41) is 0. The van der Waals surface area contributed by atoms with Crippen LogP contribution in [0.1, 0.15) is 36.6 Å². The van der Waals surface area contributed by atoms with Gasteiger partial charge in [0, 0.05) is 0 Å². The molecular formula is C14H18Br2O2. The summed E-state index contributed by atoms with van der Waals surface area (Å²) in [6.45, 7) is 2.63. The van der Waals surface area contributed by atoms with Crippen LogP contribution >= 0.6 is 31.9 Å². The van der Waals surface area contributed by atoms with E-state index >= 15 is 0 Å². The number of carbonyl (C=O) groups is 1. The van der Waals surface area contributed by atoms with Crippen molar-refractivity contribution in [3.8, 4) is 0 Å². The van der Waals surface area contributed by atoms with E-state index in [4.69, 9.17) is 4.74 Å². The lowest BCUT2D eigenvalue weighted by molar-refractivity contribution is -0.142. The van der Waals surface area contributed by atoms with Gasteiger partial charge in [-0.15, -0.1) is 0 Å². The highest BCUT2D eigenvalue weighted by Crippen LogP contribution is 2.31. The Kier molecular flexibility index (Phi) is 7.59. The summed E-state index contributed by atoms with van der Waals surface area (Å²) in [4.78, 5) is 11.4. The van der Waals surface area contributed by atoms with E-state index in [2.05, 4.69) is 38.8 Å². The van der Waals surface area contributed by atoms with Crippen LogP contribution in [0.5, 0.6) is 0 Å². The molecule has 0 amide bonds. The monoisotopic (exact) mass is 376 g/mol. The van der Waals surface area contributed by atoms with Crippen molar-refractivity contribution in [1.82, 2.24) is 0 Å². The maximum Gasteiger partial charge on any atom is 0.321 e. The standard InChI is InChI=1S/C14H18Br2O2/c1-2-3-7-10-18-14(17)13(16)12(15)11-8-5-4-6-9-11/h4-6,8-9,12-13H,2-3,7,10H2,1H3/t12-,13-/m1/s1. The Morgan fingerprint density at radius 2 is 1.89 bits per heavy atom. The highest BCUT2D eigenvalue weighted by molar-refractivity contribution is 9.12. The predicted molar refractivity (Wildman–Crippen MR) is 81.3 cm³/mol. The molecule has 0 saturated carbocycles. The van der Waals surface area contributed by atoms with Crippen molar-refractivity contribution < 1.29 is 9.53 Å². The Morgan fingerprint density at radius 1 is 1.22 bits per heavy atom. The second-order valence-electron chi connectivity index (χ2n) is 4.09. The van der Waals surface area contributed by atoms with Gasteiger partial charge in [-0.3, -0.25) is 4.79 Å². The number of esters is 1. The first-order valence-corrected chi connectivity index (χ1v) is 7.99. The third-order valence-corrected chi connectivity index (χ3v) is 5.26. The molecule has 0 unspecified atom stereocenters. The minimum absolute atomic E-state index is 0.0719. The number of halogens is 2. The van der Waals surface area contributed by atoms with Gasteiger partial charge >= 0.3 is 5.97 Å². The quantitative estimate of drug-likeness (QED) is 0.393. The number of rotatable bonds is 7. The van der Waals surface area contributed by atoms with Crippen LogP contribution in [-0.4, -0.2) is 17.4 Å². The largest absolute Gasteiger partial charge is 0.465 e. The molecule has 0 aliphatic heterocycles. The molecule has 1 aromatic carbocycles. The van der Waals surface area contributed by atoms with Crippen LogP contribution in [-0.2, 0) is 9.53 Å². The third kappa shape index (κ3) is 5.11. The van der Waals surface area contributed by atoms with Crippen LogP contribution in [0.2, 0.25) is 0 Å². The van der Waals surface area contributed by atoms with Crippen molar-refractivity contribution in [3.05, 3.63) is 35.9 Å². The number of hydrogen-bond donors (Lipinski definition) is 0. The van der Waals surface area contributed by atoms with E-state index in [0.29, 0.717) is 6.61 Å². The smallest absolute Gasteiger partial charge is 0.321 e. The summed E-state index contributed by atoms with van der Waals surface area (Å²) in [5.41, 5.74) is 1.06. The Labute approximate surface area is 125 Å². The van der Waals surface area contributed by atoms with E-state index in [1.807, 2.05) is 30.3 Å². The molecule has 1 aromatic rings. The van der Waals surface area contributed by atoms with Gasteiger partial charge in [0.25, 0.3) is 0 Å². The highest BCUT2D eigenvalue weighted by Gasteiger charge is 2.26. The molecule has 0 N–H and O–H groups in total. The van der Waals surface area contributed by atoms with Gasteiger partial charge in [-0.25, -0.2) is 0 Å². The number of unbranched alkanes of at least 4 members (excludes halogenated alkanes) is 2. The van der Waals surface area contributed by atoms with Gasteiger partial charge in [0.1, 0.15) is 4.83 Å². The molecule has 0 aliphatic rings. The summed E-state index contributed by atoms with van der Waals surface area (Å²) in [6, 6.07) is 9.83. The molecule has 2 nitrogen and oxygen atoms in total. The van der Waals surface area contributed by atoms with Crippen LogP contribution in [0.3, 0.4) is 0 Å². The summed E-state index contributed by atoms with van der Waals surface area (Å²) in [7, 11) is 0. The van der Waals surface area contributed by atoms with Crippen LogP contribution in [0.15, 0.2) is 30.3 Å². The Bertz CT molecular complexity index is 354. The van der Waals surface area contributed by atoms with Crippen LogP contribution < -0.4 is 0 Å². The first-order valence-electron chi connectivity index (χ1n) is 6.16. The van der Waals surface area contributed by atoms with Gasteiger partial charge < -0.3 is 4.74 Å². The predicted octanol–water partition coefficient (Wildman–Crippen LogP) is 4.62. The molecule has 1 rings (SSSR count). The Hall–Kier alpha value is -0.350. The van der Waals surface area contributed by atoms with Gasteiger partial charge in [0.05, 0.1) is 11.4 Å². The SMILES string of the molecule is CCCCCOC(=O)[C@H](Br)[C@H](Br)c1ccccc1. The highest BCUT2D eigenvalue weighted by atomic mass is 79.9. The van der Waals surface area contributed by atoms with Crippen molar-refractivity contribution in [3.63, 3.8) is 0 Å². The van der Waals surface area contributed by atoms with Gasteiger partial charge in [-0.2, -0.15) is 0 Å². The molecule has 0 spiro atoms.